The number of nitrogens with one attached hydrogen (secondary N) is 2. The maximum atomic E-state index is 12.1. The van der Waals surface area contributed by atoms with Gasteiger partial charge in [-0.25, -0.2) is 0 Å². The van der Waals surface area contributed by atoms with Crippen molar-refractivity contribution in [2.24, 2.45) is 0 Å². The molecule has 0 radical (unpaired) electrons. The van der Waals surface area contributed by atoms with Crippen molar-refractivity contribution in [2.45, 2.75) is 6.54 Å². The molecule has 0 saturated carbocycles. The van der Waals surface area contributed by atoms with Gasteiger partial charge in [0.1, 0.15) is 0 Å². The number of carbonyl (C=O) groups excluding carboxylic acids is 2. The average Bonchev–Trinajstić information content (AvgIpc) is 2.68. The van der Waals surface area contributed by atoms with Gasteiger partial charge in [0.2, 0.25) is 0 Å². The zero-order chi connectivity index (χ0) is 18.4. The van der Waals surface area contributed by atoms with Gasteiger partial charge in [0.15, 0.2) is 0 Å². The van der Waals surface area contributed by atoms with Crippen molar-refractivity contribution in [1.82, 2.24) is 5.32 Å². The molecule has 0 aliphatic rings. The third kappa shape index (κ3) is 4.48. The zero-order valence-corrected chi connectivity index (χ0v) is 14.1. The van der Waals surface area contributed by atoms with E-state index in [2.05, 4.69) is 10.6 Å². The van der Waals surface area contributed by atoms with E-state index in [1.807, 2.05) is 42.5 Å². The highest BCUT2D eigenvalue weighted by atomic mass is 16.2. The van der Waals surface area contributed by atoms with Gasteiger partial charge in [-0.15, -0.1) is 0 Å². The van der Waals surface area contributed by atoms with Crippen LogP contribution in [0.5, 0.6) is 0 Å². The number of hydrogen-bond donors (Lipinski definition) is 3. The molecule has 2 amide bonds. The van der Waals surface area contributed by atoms with E-state index in [1.54, 1.807) is 36.4 Å². The fraction of sp³-hybridized carbons (Fsp3) is 0.0476. The van der Waals surface area contributed by atoms with Gasteiger partial charge < -0.3 is 16.4 Å². The molecule has 0 aromatic heterocycles. The molecule has 5 heteroatoms. The lowest BCUT2D eigenvalue weighted by molar-refractivity contribution is 0.0950. The van der Waals surface area contributed by atoms with Crippen LogP contribution in [0.2, 0.25) is 0 Å². The first-order chi connectivity index (χ1) is 12.6. The maximum Gasteiger partial charge on any atom is 0.255 e. The summed E-state index contributed by atoms with van der Waals surface area (Å²) >= 11 is 0. The van der Waals surface area contributed by atoms with Crippen molar-refractivity contribution in [2.75, 3.05) is 11.1 Å². The number of anilines is 2. The molecule has 130 valence electrons. The lowest BCUT2D eigenvalue weighted by atomic mass is 10.1. The summed E-state index contributed by atoms with van der Waals surface area (Å²) in [7, 11) is 0. The molecule has 5 nitrogen and oxygen atoms in total. The van der Waals surface area contributed by atoms with Crippen molar-refractivity contribution < 1.29 is 9.59 Å². The Balaban J connectivity index is 1.56. The number of benzene rings is 3. The van der Waals surface area contributed by atoms with E-state index in [4.69, 9.17) is 5.73 Å². The van der Waals surface area contributed by atoms with Crippen molar-refractivity contribution in [3.05, 3.63) is 95.6 Å². The van der Waals surface area contributed by atoms with E-state index in [1.165, 1.54) is 0 Å². The number of nitrogen functional groups attached to an aromatic ring is 1. The molecule has 0 saturated heterocycles. The molecule has 3 aromatic carbocycles. The fourth-order valence-corrected chi connectivity index (χ4v) is 2.46. The van der Waals surface area contributed by atoms with Gasteiger partial charge in [0, 0.05) is 29.0 Å². The number of nitrogens with two attached hydrogens (primary N) is 1. The summed E-state index contributed by atoms with van der Waals surface area (Å²) in [4.78, 5) is 24.2. The van der Waals surface area contributed by atoms with Crippen LogP contribution in [-0.4, -0.2) is 11.8 Å². The topological polar surface area (TPSA) is 84.2 Å². The van der Waals surface area contributed by atoms with Crippen molar-refractivity contribution in [3.63, 3.8) is 0 Å². The molecule has 0 fully saturated rings. The van der Waals surface area contributed by atoms with Gasteiger partial charge in [-0.05, 0) is 48.0 Å². The van der Waals surface area contributed by atoms with Gasteiger partial charge in [0.25, 0.3) is 11.8 Å². The van der Waals surface area contributed by atoms with Crippen LogP contribution < -0.4 is 16.4 Å². The minimum absolute atomic E-state index is 0.159. The van der Waals surface area contributed by atoms with E-state index in [9.17, 15) is 9.59 Å². The van der Waals surface area contributed by atoms with Crippen LogP contribution in [0.25, 0.3) is 0 Å². The summed E-state index contributed by atoms with van der Waals surface area (Å²) in [5.74, 6) is -0.341. The highest BCUT2D eigenvalue weighted by Crippen LogP contribution is 2.12. The zero-order valence-electron chi connectivity index (χ0n) is 14.1. The normalized spacial score (nSPS) is 10.2. The third-order valence-corrected chi connectivity index (χ3v) is 3.85. The quantitative estimate of drug-likeness (QED) is 0.619. The molecule has 0 heterocycles. The number of rotatable bonds is 5. The molecule has 0 aliphatic carbocycles. The Morgan fingerprint density at radius 1 is 0.769 bits per heavy atom. The average molecular weight is 345 g/mol. The summed E-state index contributed by atoms with van der Waals surface area (Å²) in [6.07, 6.45) is 0. The second kappa shape index (κ2) is 7.98. The van der Waals surface area contributed by atoms with Crippen molar-refractivity contribution >= 4 is 23.2 Å². The maximum absolute atomic E-state index is 12.1. The van der Waals surface area contributed by atoms with Gasteiger partial charge in [-0.1, -0.05) is 36.4 Å². The first-order valence-electron chi connectivity index (χ1n) is 8.21. The molecule has 0 aliphatic heterocycles. The van der Waals surface area contributed by atoms with Crippen LogP contribution in [0, 0.1) is 0 Å². The molecule has 4 N–H and O–H groups in total. The van der Waals surface area contributed by atoms with Crippen LogP contribution in [0.1, 0.15) is 26.3 Å². The monoisotopic (exact) mass is 345 g/mol. The molecule has 3 rings (SSSR count). The highest BCUT2D eigenvalue weighted by molar-refractivity contribution is 6.04. The Bertz CT molecular complexity index is 906. The fourth-order valence-electron chi connectivity index (χ4n) is 2.46. The van der Waals surface area contributed by atoms with E-state index in [0.29, 0.717) is 29.0 Å². The third-order valence-electron chi connectivity index (χ3n) is 3.85. The summed E-state index contributed by atoms with van der Waals surface area (Å²) < 4.78 is 0. The van der Waals surface area contributed by atoms with E-state index < -0.39 is 0 Å². The Kier molecular flexibility index (Phi) is 5.29. The molecule has 0 spiro atoms. The van der Waals surface area contributed by atoms with Crippen molar-refractivity contribution in [3.8, 4) is 0 Å². The van der Waals surface area contributed by atoms with E-state index >= 15 is 0 Å². The summed E-state index contributed by atoms with van der Waals surface area (Å²) in [5.41, 5.74) is 9.00. The van der Waals surface area contributed by atoms with Gasteiger partial charge in [0.05, 0.1) is 0 Å². The molecule has 0 unspecified atom stereocenters. The highest BCUT2D eigenvalue weighted by Gasteiger charge is 2.07. The van der Waals surface area contributed by atoms with Crippen LogP contribution in [0.4, 0.5) is 11.4 Å². The molecule has 0 bridgehead atoms. The Hall–Kier alpha value is -3.60. The SMILES string of the molecule is Nc1cccc(C(=O)NCc2ccc(NC(=O)c3ccccc3)cc2)c1. The Morgan fingerprint density at radius 2 is 1.46 bits per heavy atom. The van der Waals surface area contributed by atoms with E-state index in [-0.39, 0.29) is 11.8 Å². The lowest BCUT2D eigenvalue weighted by Gasteiger charge is -2.08. The first-order valence-corrected chi connectivity index (χ1v) is 8.21. The largest absolute Gasteiger partial charge is 0.399 e. The van der Waals surface area contributed by atoms with Gasteiger partial charge in [-0.3, -0.25) is 9.59 Å². The second-order valence-electron chi connectivity index (χ2n) is 5.83. The van der Waals surface area contributed by atoms with Gasteiger partial charge in [-0.2, -0.15) is 0 Å². The molecule has 26 heavy (non-hydrogen) atoms. The standard InChI is InChI=1S/C21H19N3O2/c22-18-8-4-7-17(13-18)20(25)23-14-15-9-11-19(12-10-15)24-21(26)16-5-2-1-3-6-16/h1-13H,14,22H2,(H,23,25)(H,24,26). The van der Waals surface area contributed by atoms with E-state index in [0.717, 1.165) is 5.56 Å². The predicted molar refractivity (Wildman–Crippen MR) is 103 cm³/mol. The molecular formula is C21H19N3O2. The summed E-state index contributed by atoms with van der Waals surface area (Å²) in [6, 6.07) is 23.2. The van der Waals surface area contributed by atoms with Crippen LogP contribution in [0.15, 0.2) is 78.9 Å². The second-order valence-corrected chi connectivity index (χ2v) is 5.83. The number of hydrogen-bond acceptors (Lipinski definition) is 3. The minimum Gasteiger partial charge on any atom is -0.399 e. The number of amides is 2. The lowest BCUT2D eigenvalue weighted by Crippen LogP contribution is -2.22. The Labute approximate surface area is 151 Å². The van der Waals surface area contributed by atoms with Crippen LogP contribution in [-0.2, 0) is 6.54 Å². The van der Waals surface area contributed by atoms with Crippen LogP contribution >= 0.6 is 0 Å². The first kappa shape index (κ1) is 17.2. The summed E-state index contributed by atoms with van der Waals surface area (Å²) in [5, 5.41) is 5.69. The van der Waals surface area contributed by atoms with Crippen LogP contribution in [0.3, 0.4) is 0 Å². The smallest absolute Gasteiger partial charge is 0.255 e. The number of carbonyl (C=O) groups is 2. The molecular weight excluding hydrogens is 326 g/mol. The summed E-state index contributed by atoms with van der Waals surface area (Å²) in [6.45, 7) is 0.389. The Morgan fingerprint density at radius 3 is 2.15 bits per heavy atom. The predicted octanol–water partition coefficient (Wildman–Crippen LogP) is 3.45. The van der Waals surface area contributed by atoms with Gasteiger partial charge >= 0.3 is 0 Å². The van der Waals surface area contributed by atoms with Crippen molar-refractivity contribution in [1.29, 1.82) is 0 Å². The molecule has 0 atom stereocenters. The molecule has 3 aromatic rings. The minimum atomic E-state index is -0.182.